The number of anilines is 1. The van der Waals surface area contributed by atoms with E-state index in [-0.39, 0.29) is 17.4 Å². The highest BCUT2D eigenvalue weighted by molar-refractivity contribution is 7.99. The van der Waals surface area contributed by atoms with Crippen LogP contribution in [0.4, 0.5) is 5.82 Å². The smallest absolute Gasteiger partial charge is 0.256 e. The van der Waals surface area contributed by atoms with Gasteiger partial charge in [-0.2, -0.15) is 0 Å². The Kier molecular flexibility index (Phi) is 6.84. The predicted molar refractivity (Wildman–Crippen MR) is 145 cm³/mol. The molecule has 2 aromatic carbocycles. The van der Waals surface area contributed by atoms with Crippen LogP contribution >= 0.6 is 23.4 Å². The van der Waals surface area contributed by atoms with Gasteiger partial charge in [0.25, 0.3) is 5.91 Å². The monoisotopic (exact) mass is 535 g/mol. The maximum atomic E-state index is 13.4. The first-order valence-electron chi connectivity index (χ1n) is 12.8. The molecule has 3 aliphatic rings. The van der Waals surface area contributed by atoms with Crippen molar-refractivity contribution >= 4 is 35.1 Å². The molecule has 1 aromatic heterocycles. The molecule has 0 aliphatic carbocycles. The van der Waals surface area contributed by atoms with Crippen molar-refractivity contribution in [3.63, 3.8) is 0 Å². The third-order valence-electron chi connectivity index (χ3n) is 7.95. The maximum Gasteiger partial charge on any atom is 0.256 e. The molecule has 1 spiro atoms. The topological polar surface area (TPSA) is 84.6 Å². The number of nitrogens with zero attached hydrogens (tertiary/aromatic N) is 4. The Morgan fingerprint density at radius 1 is 1.08 bits per heavy atom. The predicted octanol–water partition coefficient (Wildman–Crippen LogP) is 4.42. The van der Waals surface area contributed by atoms with Gasteiger partial charge in [0.2, 0.25) is 0 Å². The zero-order valence-electron chi connectivity index (χ0n) is 20.6. The second-order valence-corrected chi connectivity index (χ2v) is 11.6. The Balaban J connectivity index is 1.14. The van der Waals surface area contributed by atoms with Gasteiger partial charge in [0.15, 0.2) is 0 Å². The number of carbonyl (C=O) groups excluding carboxylic acids is 1. The summed E-state index contributed by atoms with van der Waals surface area (Å²) in [6.45, 7) is 4.49. The highest BCUT2D eigenvalue weighted by Gasteiger charge is 2.44. The molecule has 0 saturated carbocycles. The minimum atomic E-state index is -0.0192. The second kappa shape index (κ2) is 10.3. The molecule has 3 aliphatic heterocycles. The summed E-state index contributed by atoms with van der Waals surface area (Å²) in [4.78, 5) is 27.7. The molecule has 7 nitrogen and oxygen atoms in total. The van der Waals surface area contributed by atoms with Crippen LogP contribution in [0.1, 0.15) is 34.3 Å². The maximum absolute atomic E-state index is 13.4. The fourth-order valence-electron chi connectivity index (χ4n) is 5.59. The summed E-state index contributed by atoms with van der Waals surface area (Å²) in [7, 11) is 0. The van der Waals surface area contributed by atoms with Crippen LogP contribution in [0, 0.1) is 5.41 Å². The molecule has 2 N–H and O–H groups in total. The number of hydrogen-bond acceptors (Lipinski definition) is 7. The van der Waals surface area contributed by atoms with Gasteiger partial charge in [0.05, 0.1) is 36.2 Å². The first-order chi connectivity index (χ1) is 18.0. The first-order valence-corrected chi connectivity index (χ1v) is 13.9. The van der Waals surface area contributed by atoms with E-state index in [1.807, 2.05) is 53.6 Å². The summed E-state index contributed by atoms with van der Waals surface area (Å²) < 4.78 is 5.64. The largest absolute Gasteiger partial charge is 0.379 e. The summed E-state index contributed by atoms with van der Waals surface area (Å²) in [5, 5.41) is 1.24. The molecule has 3 aromatic rings. The number of fused-ring (bicyclic) bond motifs is 1. The summed E-state index contributed by atoms with van der Waals surface area (Å²) in [6.07, 6.45) is 6.42. The average molecular weight is 536 g/mol. The van der Waals surface area contributed by atoms with Crippen molar-refractivity contribution in [2.24, 2.45) is 11.1 Å². The fraction of sp³-hybridized carbons (Fsp3) is 0.393. The minimum Gasteiger partial charge on any atom is -0.379 e. The van der Waals surface area contributed by atoms with E-state index in [0.717, 1.165) is 65.8 Å². The highest BCUT2D eigenvalue weighted by atomic mass is 35.5. The molecule has 192 valence electrons. The van der Waals surface area contributed by atoms with Gasteiger partial charge in [-0.25, -0.2) is 9.97 Å². The number of nitrogens with two attached hydrogens (primary N) is 1. The molecule has 37 heavy (non-hydrogen) atoms. The number of amides is 1. The first kappa shape index (κ1) is 24.7. The summed E-state index contributed by atoms with van der Waals surface area (Å²) in [5.41, 5.74) is 9.14. The number of piperidine rings is 1. The molecule has 6 rings (SSSR count). The number of rotatable bonds is 5. The van der Waals surface area contributed by atoms with Crippen molar-refractivity contribution in [1.29, 1.82) is 0 Å². The van der Waals surface area contributed by atoms with Crippen molar-refractivity contribution in [2.45, 2.75) is 41.8 Å². The second-order valence-electron chi connectivity index (χ2n) is 10.2. The van der Waals surface area contributed by atoms with Crippen LogP contribution in [0.25, 0.3) is 0 Å². The van der Waals surface area contributed by atoms with Crippen LogP contribution in [-0.4, -0.2) is 59.7 Å². The summed E-state index contributed by atoms with van der Waals surface area (Å²) in [6, 6.07) is 14.2. The van der Waals surface area contributed by atoms with Gasteiger partial charge >= 0.3 is 0 Å². The van der Waals surface area contributed by atoms with Crippen LogP contribution in [0.3, 0.4) is 0 Å². The standard InChI is InChI=1S/C28H30ClN5O2S/c29-26-21(7-6-20-8-11-34(27(35)25(20)26)16-19-4-2-1-3-5-19)37-24-15-31-23(14-32-24)33-12-9-28(10-13-33)18-36-17-22(28)30/h1-7,14-15,22H,8-13,16-18,30H2/t22-/m1/s1. The molecule has 1 atom stereocenters. The van der Waals surface area contributed by atoms with Crippen LogP contribution < -0.4 is 10.6 Å². The molecule has 9 heteroatoms. The molecule has 0 radical (unpaired) electrons. The van der Waals surface area contributed by atoms with E-state index in [4.69, 9.17) is 22.1 Å². The van der Waals surface area contributed by atoms with E-state index in [1.165, 1.54) is 11.8 Å². The minimum absolute atomic E-state index is 0.0192. The Labute approximate surface area is 226 Å². The molecule has 4 heterocycles. The van der Waals surface area contributed by atoms with Gasteiger partial charge in [-0.15, -0.1) is 0 Å². The lowest BCUT2D eigenvalue weighted by Crippen LogP contribution is -2.49. The Bertz CT molecular complexity index is 1280. The third-order valence-corrected chi connectivity index (χ3v) is 9.43. The highest BCUT2D eigenvalue weighted by Crippen LogP contribution is 2.40. The normalized spacial score (nSPS) is 20.9. The number of halogens is 1. The van der Waals surface area contributed by atoms with Gasteiger partial charge < -0.3 is 20.3 Å². The van der Waals surface area contributed by atoms with E-state index < -0.39 is 0 Å². The Morgan fingerprint density at radius 2 is 1.89 bits per heavy atom. The SMILES string of the molecule is N[C@@H]1COCC12CCN(c1cnc(Sc3ccc4c(c3Cl)C(=O)N(Cc3ccccc3)CC4)cn1)CC2. The van der Waals surface area contributed by atoms with Crippen LogP contribution in [0.15, 0.2) is 64.8 Å². The van der Waals surface area contributed by atoms with Crippen molar-refractivity contribution < 1.29 is 9.53 Å². The lowest BCUT2D eigenvalue weighted by Gasteiger charge is -2.41. The van der Waals surface area contributed by atoms with E-state index in [2.05, 4.69) is 14.9 Å². The zero-order valence-corrected chi connectivity index (χ0v) is 22.2. The number of ether oxygens (including phenoxy) is 1. The van der Waals surface area contributed by atoms with Crippen LogP contribution in [0.5, 0.6) is 0 Å². The van der Waals surface area contributed by atoms with E-state index in [0.29, 0.717) is 30.3 Å². The molecule has 1 amide bonds. The van der Waals surface area contributed by atoms with E-state index in [1.54, 1.807) is 6.20 Å². The number of benzene rings is 2. The Hall–Kier alpha value is -2.65. The van der Waals surface area contributed by atoms with Gasteiger partial charge in [-0.1, -0.05) is 59.8 Å². The summed E-state index contributed by atoms with van der Waals surface area (Å²) in [5.74, 6) is 0.851. The molecule has 0 unspecified atom stereocenters. The van der Waals surface area contributed by atoms with Gasteiger partial charge in [-0.3, -0.25) is 4.79 Å². The molecule has 2 saturated heterocycles. The molecule has 2 fully saturated rings. The lowest BCUT2D eigenvalue weighted by molar-refractivity contribution is 0.0727. The molecular formula is C28H30ClN5O2S. The number of hydrogen-bond donors (Lipinski definition) is 1. The fourth-order valence-corrected chi connectivity index (χ4v) is 6.74. The van der Waals surface area contributed by atoms with Gasteiger partial charge in [0, 0.05) is 42.5 Å². The van der Waals surface area contributed by atoms with Crippen molar-refractivity contribution in [2.75, 3.05) is 37.7 Å². The number of carbonyl (C=O) groups is 1. The van der Waals surface area contributed by atoms with Crippen LogP contribution in [-0.2, 0) is 17.7 Å². The molecular weight excluding hydrogens is 506 g/mol. The number of aromatic nitrogens is 2. The van der Waals surface area contributed by atoms with Crippen molar-refractivity contribution in [3.05, 3.63) is 76.6 Å². The van der Waals surface area contributed by atoms with Crippen molar-refractivity contribution in [3.8, 4) is 0 Å². The van der Waals surface area contributed by atoms with Gasteiger partial charge in [-0.05, 0) is 36.5 Å². The third kappa shape index (κ3) is 4.83. The van der Waals surface area contributed by atoms with Gasteiger partial charge in [0.1, 0.15) is 10.8 Å². The van der Waals surface area contributed by atoms with E-state index >= 15 is 0 Å². The van der Waals surface area contributed by atoms with E-state index in [9.17, 15) is 4.79 Å². The van der Waals surface area contributed by atoms with Crippen LogP contribution in [0.2, 0.25) is 5.02 Å². The van der Waals surface area contributed by atoms with Crippen molar-refractivity contribution in [1.82, 2.24) is 14.9 Å². The Morgan fingerprint density at radius 3 is 2.59 bits per heavy atom. The quantitative estimate of drug-likeness (QED) is 0.517. The molecule has 0 bridgehead atoms. The lowest BCUT2D eigenvalue weighted by atomic mass is 9.75. The average Bonchev–Trinajstić information content (AvgIpc) is 3.27. The summed E-state index contributed by atoms with van der Waals surface area (Å²) >= 11 is 8.26. The zero-order chi connectivity index (χ0) is 25.4.